The molecule has 1 fully saturated rings. The highest BCUT2D eigenvalue weighted by Gasteiger charge is 2.54. The Morgan fingerprint density at radius 1 is 0.817 bits per heavy atom. The van der Waals surface area contributed by atoms with Crippen LogP contribution in [-0.2, 0) is 44.9 Å². The maximum absolute atomic E-state index is 14.1. The molecule has 1 saturated heterocycles. The zero-order chi connectivity index (χ0) is 51.3. The molecule has 1 amide bonds. The van der Waals surface area contributed by atoms with E-state index in [0.717, 1.165) is 28.5 Å². The number of carboxylic acid groups (broad SMARTS) is 1. The minimum Gasteiger partial charge on any atom is -0.493 e. The lowest BCUT2D eigenvalue weighted by atomic mass is 9.66. The fraction of sp³-hybridized carbons (Fsp3) is 0.320. The number of rotatable bonds is 16. The Balaban J connectivity index is 0.000000217. The van der Waals surface area contributed by atoms with Gasteiger partial charge in [0.1, 0.15) is 12.8 Å². The Morgan fingerprint density at radius 2 is 1.38 bits per heavy atom. The van der Waals surface area contributed by atoms with E-state index >= 15 is 0 Å². The molecule has 1 aliphatic carbocycles. The molecule has 0 bridgehead atoms. The summed E-state index contributed by atoms with van der Waals surface area (Å²) < 4.78 is 77.4. The van der Waals surface area contributed by atoms with Gasteiger partial charge in [0, 0.05) is 40.9 Å². The lowest BCUT2D eigenvalue weighted by Crippen LogP contribution is -2.46. The molecule has 0 radical (unpaired) electrons. The van der Waals surface area contributed by atoms with Crippen molar-refractivity contribution < 1.29 is 70.3 Å². The van der Waals surface area contributed by atoms with Gasteiger partial charge in [-0.05, 0) is 88.5 Å². The number of nitrogens with two attached hydrogens (primary N) is 2. The van der Waals surface area contributed by atoms with Crippen LogP contribution in [0.4, 0.5) is 15.8 Å². The summed E-state index contributed by atoms with van der Waals surface area (Å²) in [5, 5.41) is 12.3. The maximum Gasteiger partial charge on any atom is 0.311 e. The SMILES string of the molecule is COc1cc([C@@H]2c3cc4c(cc3[C@H](OC(=O)Cc3ccc(N)cc3)[C@H]3COC(=O)[C@H]23)OCO4)cc(OC)c1OC.CS(=O)(=O)c1ccc([C@H](C(CF)NC(=O)C(Cl)Cl)[C@H](C(=O)O)c2ccc(N)cc2)cc1. The van der Waals surface area contributed by atoms with Gasteiger partial charge in [0.15, 0.2) is 37.7 Å². The van der Waals surface area contributed by atoms with Gasteiger partial charge in [-0.15, -0.1) is 0 Å². The number of nitrogens with one attached hydrogen (secondary N) is 1. The van der Waals surface area contributed by atoms with Crippen molar-refractivity contribution in [3.05, 3.63) is 130 Å². The third-order valence-electron chi connectivity index (χ3n) is 12.5. The summed E-state index contributed by atoms with van der Waals surface area (Å²) in [5.41, 5.74) is 16.1. The molecule has 0 saturated carbocycles. The number of hydrogen-bond donors (Lipinski definition) is 4. The largest absolute Gasteiger partial charge is 0.493 e. The standard InChI is InChI=1S/C30H29NO9.C20H21Cl2FN2O5S/c1-34-23-9-16(10-24(35-2)29(23)36-3)26-18-11-21-22(39-14-38-21)12-19(18)28(20-13-37-30(33)27(20)26)40-25(32)8-15-4-6-17(31)7-5-15;1-31(29,30)14-8-4-11(5-9-14)16(15(10-23)25-19(26)18(21)22)17(20(27)28)12-2-6-13(24)7-3-12/h4-7,9-12,20,26-28H,8,13-14,31H2,1-3H3;2-9,15-18H,10,24H2,1H3,(H,25,26)(H,27,28)/t20-,26+,27-,28-;15?,16-,17-/m01/s1. The number of anilines is 2. The van der Waals surface area contributed by atoms with Crippen molar-refractivity contribution >= 4 is 68.2 Å². The van der Waals surface area contributed by atoms with Crippen molar-refractivity contribution in [2.45, 2.75) is 46.1 Å². The van der Waals surface area contributed by atoms with E-state index in [2.05, 4.69) is 5.32 Å². The molecule has 71 heavy (non-hydrogen) atoms. The summed E-state index contributed by atoms with van der Waals surface area (Å²) in [6.45, 7) is -0.939. The van der Waals surface area contributed by atoms with Crippen molar-refractivity contribution in [1.29, 1.82) is 0 Å². The zero-order valence-electron chi connectivity index (χ0n) is 38.6. The number of sulfone groups is 1. The first-order chi connectivity index (χ1) is 33.9. The van der Waals surface area contributed by atoms with E-state index in [1.807, 2.05) is 24.3 Å². The van der Waals surface area contributed by atoms with Gasteiger partial charge in [-0.3, -0.25) is 19.2 Å². The molecule has 21 heteroatoms. The quantitative estimate of drug-likeness (QED) is 0.0458. The Labute approximate surface area is 418 Å². The number of carbonyl (C=O) groups excluding carboxylic acids is 3. The Morgan fingerprint density at radius 3 is 1.90 bits per heavy atom. The Bertz CT molecular complexity index is 2870. The topological polar surface area (TPSA) is 251 Å². The van der Waals surface area contributed by atoms with Crippen LogP contribution in [0.2, 0.25) is 0 Å². The highest BCUT2D eigenvalue weighted by atomic mass is 35.5. The van der Waals surface area contributed by atoms with Crippen LogP contribution in [0.25, 0.3) is 0 Å². The van der Waals surface area contributed by atoms with Crippen LogP contribution in [0.5, 0.6) is 28.7 Å². The highest BCUT2D eigenvalue weighted by Crippen LogP contribution is 2.56. The fourth-order valence-corrected chi connectivity index (χ4v) is 9.96. The van der Waals surface area contributed by atoms with Crippen LogP contribution in [0, 0.1) is 11.8 Å². The number of nitrogen functional groups attached to an aromatic ring is 2. The van der Waals surface area contributed by atoms with Gasteiger partial charge in [-0.25, -0.2) is 12.8 Å². The average Bonchev–Trinajstić information content (AvgIpc) is 3.98. The molecule has 1 unspecified atom stereocenters. The minimum absolute atomic E-state index is 0.0109. The van der Waals surface area contributed by atoms with Gasteiger partial charge in [0.25, 0.3) is 5.91 Å². The average molecular weight is 1040 g/mol. The minimum atomic E-state index is -3.50. The second kappa shape index (κ2) is 22.0. The molecule has 17 nitrogen and oxygen atoms in total. The second-order valence-corrected chi connectivity index (χ2v) is 20.0. The normalized spacial score (nSPS) is 18.8. The van der Waals surface area contributed by atoms with Gasteiger partial charge < -0.3 is 55.0 Å². The van der Waals surface area contributed by atoms with E-state index in [1.54, 1.807) is 24.3 Å². The van der Waals surface area contributed by atoms with E-state index in [4.69, 9.17) is 67.8 Å². The van der Waals surface area contributed by atoms with Crippen LogP contribution in [0.15, 0.2) is 102 Å². The number of halogens is 3. The number of carboxylic acids is 1. The Hall–Kier alpha value is -6.96. The molecule has 8 rings (SSSR count). The van der Waals surface area contributed by atoms with E-state index in [9.17, 15) is 37.1 Å². The van der Waals surface area contributed by atoms with Crippen molar-refractivity contribution in [3.63, 3.8) is 0 Å². The van der Waals surface area contributed by atoms with Crippen molar-refractivity contribution in [1.82, 2.24) is 5.32 Å². The van der Waals surface area contributed by atoms with E-state index in [0.29, 0.717) is 51.2 Å². The van der Waals surface area contributed by atoms with Crippen molar-refractivity contribution in [3.8, 4) is 28.7 Å². The van der Waals surface area contributed by atoms with Gasteiger partial charge >= 0.3 is 17.9 Å². The van der Waals surface area contributed by atoms with Crippen molar-refractivity contribution in [2.24, 2.45) is 11.8 Å². The molecular weight excluding hydrogens is 989 g/mol. The van der Waals surface area contributed by atoms with Crippen LogP contribution in [0.3, 0.4) is 0 Å². The summed E-state index contributed by atoms with van der Waals surface area (Å²) in [5.74, 6) is -4.45. The number of benzene rings is 5. The number of ether oxygens (including phenoxy) is 7. The molecule has 2 heterocycles. The molecule has 6 N–H and O–H groups in total. The number of cyclic esters (lactones) is 1. The smallest absolute Gasteiger partial charge is 0.311 e. The summed E-state index contributed by atoms with van der Waals surface area (Å²) in [6.07, 6.45) is 0.346. The summed E-state index contributed by atoms with van der Waals surface area (Å²) in [4.78, 5) is 49.3. The molecule has 7 atom stereocenters. The third kappa shape index (κ3) is 11.3. The predicted molar refractivity (Wildman–Crippen MR) is 259 cm³/mol. The predicted octanol–water partition coefficient (Wildman–Crippen LogP) is 6.67. The molecule has 0 spiro atoms. The van der Waals surface area contributed by atoms with Crippen molar-refractivity contribution in [2.75, 3.05) is 59.1 Å². The molecule has 0 aromatic heterocycles. The maximum atomic E-state index is 14.1. The third-order valence-corrected chi connectivity index (χ3v) is 14.0. The first-order valence-electron chi connectivity index (χ1n) is 21.8. The van der Waals surface area contributed by atoms with Gasteiger partial charge in [0.2, 0.25) is 12.5 Å². The summed E-state index contributed by atoms with van der Waals surface area (Å²) in [6, 6.07) is 24.5. The van der Waals surface area contributed by atoms with Crippen LogP contribution in [-0.4, -0.2) is 95.9 Å². The van der Waals surface area contributed by atoms with Crippen LogP contribution < -0.4 is 40.5 Å². The lowest BCUT2D eigenvalue weighted by molar-refractivity contribution is -0.153. The molecule has 5 aromatic carbocycles. The van der Waals surface area contributed by atoms with E-state index in [1.165, 1.54) is 69.9 Å². The number of aliphatic carboxylic acids is 1. The molecule has 3 aliphatic rings. The fourth-order valence-electron chi connectivity index (χ4n) is 9.20. The zero-order valence-corrected chi connectivity index (χ0v) is 41.0. The molecule has 376 valence electrons. The monoisotopic (exact) mass is 1040 g/mol. The van der Waals surface area contributed by atoms with Gasteiger partial charge in [-0.2, -0.15) is 0 Å². The number of fused-ring (bicyclic) bond motifs is 3. The molecule has 5 aromatic rings. The van der Waals surface area contributed by atoms with E-state index < -0.39 is 80.9 Å². The second-order valence-electron chi connectivity index (χ2n) is 16.8. The number of methoxy groups -OCH3 is 3. The molecule has 2 aliphatic heterocycles. The highest BCUT2D eigenvalue weighted by molar-refractivity contribution is 7.90. The first-order valence-corrected chi connectivity index (χ1v) is 24.6. The van der Waals surface area contributed by atoms with Crippen LogP contribution >= 0.6 is 23.2 Å². The van der Waals surface area contributed by atoms with Gasteiger partial charge in [0.05, 0.1) is 57.1 Å². The summed E-state index contributed by atoms with van der Waals surface area (Å²) >= 11 is 11.1. The number of amides is 1. The lowest BCUT2D eigenvalue weighted by Gasteiger charge is -2.38. The molecular formula is C50H50Cl2FN3O14S. The number of hydrogen-bond acceptors (Lipinski definition) is 15. The number of esters is 2. The van der Waals surface area contributed by atoms with E-state index in [-0.39, 0.29) is 30.7 Å². The first kappa shape index (κ1) is 51.9. The van der Waals surface area contributed by atoms with Crippen LogP contribution in [0.1, 0.15) is 57.2 Å². The summed E-state index contributed by atoms with van der Waals surface area (Å²) in [7, 11) is 1.11. The van der Waals surface area contributed by atoms with Gasteiger partial charge in [-0.1, -0.05) is 59.6 Å². The number of alkyl halides is 3. The Kier molecular flexibility index (Phi) is 16.1. The number of carbonyl (C=O) groups is 4.